The number of hydrogen-bond acceptors (Lipinski definition) is 2. The smallest absolute Gasteiger partial charge is 0.136 e. The summed E-state index contributed by atoms with van der Waals surface area (Å²) in [4.78, 5) is 2.34. The van der Waals surface area contributed by atoms with Crippen LogP contribution in [0.1, 0.15) is 25.0 Å². The molecule has 1 aliphatic rings. The lowest BCUT2D eigenvalue weighted by atomic mass is 9.82. The molecule has 0 atom stereocenters. The van der Waals surface area contributed by atoms with Gasteiger partial charge in [-0.2, -0.15) is 0 Å². The van der Waals surface area contributed by atoms with Gasteiger partial charge in [0.2, 0.25) is 0 Å². The van der Waals surface area contributed by atoms with Crippen molar-refractivity contribution < 1.29 is 4.42 Å². The molecule has 0 bridgehead atoms. The summed E-state index contributed by atoms with van der Waals surface area (Å²) >= 11 is 0. The Hall–Kier alpha value is -6.64. The minimum absolute atomic E-state index is 0.000440. The number of benzene rings is 8. The zero-order valence-electron chi connectivity index (χ0n) is 29.8. The molecule has 0 saturated heterocycles. The standard InChI is InChI=1S/C51H37NO/c1-51(2)46-22-8-6-19-43(46)45-33-38(27-30-47(45)51)36-14-10-13-35(31-36)37-15-11-18-41(32-37)52(39-16-4-3-5-17-39)40-28-25-34(26-29-40)42-21-12-24-49-50(42)44-20-7-9-23-48(44)53-49/h3-33H,1-2H3. The maximum atomic E-state index is 6.20. The summed E-state index contributed by atoms with van der Waals surface area (Å²) in [5.41, 5.74) is 17.8. The summed E-state index contributed by atoms with van der Waals surface area (Å²) in [5, 5.41) is 2.29. The molecular formula is C51H37NO. The zero-order chi connectivity index (χ0) is 35.5. The first-order chi connectivity index (χ1) is 26.0. The summed E-state index contributed by atoms with van der Waals surface area (Å²) in [7, 11) is 0. The normalized spacial score (nSPS) is 12.9. The van der Waals surface area contributed by atoms with Crippen LogP contribution in [0.15, 0.2) is 192 Å². The van der Waals surface area contributed by atoms with Crippen molar-refractivity contribution in [1.29, 1.82) is 0 Å². The third-order valence-corrected chi connectivity index (χ3v) is 11.1. The van der Waals surface area contributed by atoms with Crippen molar-refractivity contribution in [2.24, 2.45) is 0 Å². The Bertz CT molecular complexity index is 2810. The van der Waals surface area contributed by atoms with Gasteiger partial charge in [-0.15, -0.1) is 0 Å². The predicted octanol–water partition coefficient (Wildman–Crippen LogP) is 14.4. The Morgan fingerprint density at radius 2 is 0.943 bits per heavy atom. The van der Waals surface area contributed by atoms with E-state index in [1.54, 1.807) is 0 Å². The molecule has 252 valence electrons. The topological polar surface area (TPSA) is 16.4 Å². The lowest BCUT2D eigenvalue weighted by molar-refractivity contribution is 0.660. The zero-order valence-corrected chi connectivity index (χ0v) is 29.8. The predicted molar refractivity (Wildman–Crippen MR) is 222 cm³/mol. The van der Waals surface area contributed by atoms with E-state index in [-0.39, 0.29) is 5.41 Å². The highest BCUT2D eigenvalue weighted by molar-refractivity contribution is 6.12. The van der Waals surface area contributed by atoms with Crippen molar-refractivity contribution in [3.63, 3.8) is 0 Å². The molecular weight excluding hydrogens is 643 g/mol. The fourth-order valence-electron chi connectivity index (χ4n) is 8.43. The Kier molecular flexibility index (Phi) is 7.19. The van der Waals surface area contributed by atoms with Crippen molar-refractivity contribution in [1.82, 2.24) is 0 Å². The van der Waals surface area contributed by atoms with E-state index >= 15 is 0 Å². The molecule has 0 spiro atoms. The van der Waals surface area contributed by atoms with Crippen molar-refractivity contribution in [3.05, 3.63) is 199 Å². The van der Waals surface area contributed by atoms with Gasteiger partial charge in [0.1, 0.15) is 11.2 Å². The largest absolute Gasteiger partial charge is 0.456 e. The average Bonchev–Trinajstić information content (AvgIpc) is 3.71. The van der Waals surface area contributed by atoms with Gasteiger partial charge in [-0.25, -0.2) is 0 Å². The van der Waals surface area contributed by atoms with Gasteiger partial charge < -0.3 is 9.32 Å². The third-order valence-electron chi connectivity index (χ3n) is 11.1. The van der Waals surface area contributed by atoms with Gasteiger partial charge in [-0.3, -0.25) is 0 Å². The van der Waals surface area contributed by atoms with Gasteiger partial charge in [0.25, 0.3) is 0 Å². The Labute approximate surface area is 310 Å². The first kappa shape index (κ1) is 31.1. The molecule has 0 fully saturated rings. The quantitative estimate of drug-likeness (QED) is 0.174. The second kappa shape index (κ2) is 12.3. The van der Waals surface area contributed by atoms with E-state index < -0.39 is 0 Å². The van der Waals surface area contributed by atoms with Gasteiger partial charge >= 0.3 is 0 Å². The monoisotopic (exact) mass is 679 g/mol. The number of para-hydroxylation sites is 2. The molecule has 0 aliphatic heterocycles. The van der Waals surface area contributed by atoms with Crippen molar-refractivity contribution in [2.75, 3.05) is 4.90 Å². The lowest BCUT2D eigenvalue weighted by Gasteiger charge is -2.26. The molecule has 1 aliphatic carbocycles. The molecule has 0 amide bonds. The number of anilines is 3. The number of furan rings is 1. The van der Waals surface area contributed by atoms with E-state index in [0.717, 1.165) is 44.6 Å². The summed E-state index contributed by atoms with van der Waals surface area (Å²) in [5.74, 6) is 0. The van der Waals surface area contributed by atoms with Crippen LogP contribution in [0, 0.1) is 0 Å². The molecule has 9 aromatic rings. The molecule has 0 N–H and O–H groups in total. The molecule has 8 aromatic carbocycles. The average molecular weight is 680 g/mol. The molecule has 0 saturated carbocycles. The van der Waals surface area contributed by atoms with E-state index in [2.05, 4.69) is 195 Å². The second-order valence-corrected chi connectivity index (χ2v) is 14.6. The first-order valence-corrected chi connectivity index (χ1v) is 18.3. The summed E-state index contributed by atoms with van der Waals surface area (Å²) in [6, 6.07) is 67.8. The maximum Gasteiger partial charge on any atom is 0.136 e. The van der Waals surface area contributed by atoms with Crippen LogP contribution in [0.25, 0.3) is 66.4 Å². The molecule has 53 heavy (non-hydrogen) atoms. The highest BCUT2D eigenvalue weighted by Gasteiger charge is 2.35. The van der Waals surface area contributed by atoms with E-state index in [1.807, 2.05) is 12.1 Å². The van der Waals surface area contributed by atoms with Gasteiger partial charge in [0, 0.05) is 33.2 Å². The Morgan fingerprint density at radius 3 is 1.77 bits per heavy atom. The van der Waals surface area contributed by atoms with Gasteiger partial charge in [-0.1, -0.05) is 141 Å². The third kappa shape index (κ3) is 5.18. The van der Waals surface area contributed by atoms with E-state index in [1.165, 1.54) is 50.1 Å². The minimum Gasteiger partial charge on any atom is -0.456 e. The SMILES string of the molecule is CC1(C)c2ccccc2-c2cc(-c3cccc(-c4cccc(N(c5ccccc5)c5ccc(-c6cccc7oc8ccccc8c67)cc5)c4)c3)ccc21. The van der Waals surface area contributed by atoms with E-state index in [9.17, 15) is 0 Å². The highest BCUT2D eigenvalue weighted by atomic mass is 16.3. The Balaban J connectivity index is 1.02. The maximum absolute atomic E-state index is 6.20. The second-order valence-electron chi connectivity index (χ2n) is 14.6. The molecule has 2 nitrogen and oxygen atoms in total. The lowest BCUT2D eigenvalue weighted by Crippen LogP contribution is -2.14. The number of rotatable bonds is 6. The van der Waals surface area contributed by atoms with Crippen LogP contribution in [-0.2, 0) is 5.41 Å². The van der Waals surface area contributed by atoms with Crippen molar-refractivity contribution in [3.8, 4) is 44.5 Å². The van der Waals surface area contributed by atoms with Crippen LogP contribution in [0.3, 0.4) is 0 Å². The fourth-order valence-corrected chi connectivity index (χ4v) is 8.43. The van der Waals surface area contributed by atoms with Gasteiger partial charge in [0.15, 0.2) is 0 Å². The number of nitrogens with zero attached hydrogens (tertiary/aromatic N) is 1. The number of fused-ring (bicyclic) bond motifs is 6. The van der Waals surface area contributed by atoms with Crippen LogP contribution < -0.4 is 4.90 Å². The van der Waals surface area contributed by atoms with Crippen LogP contribution in [0.5, 0.6) is 0 Å². The fraction of sp³-hybridized carbons (Fsp3) is 0.0588. The van der Waals surface area contributed by atoms with Crippen LogP contribution in [0.2, 0.25) is 0 Å². The van der Waals surface area contributed by atoms with E-state index in [0.29, 0.717) is 0 Å². The minimum atomic E-state index is 0.000440. The van der Waals surface area contributed by atoms with Crippen LogP contribution >= 0.6 is 0 Å². The van der Waals surface area contributed by atoms with Gasteiger partial charge in [0.05, 0.1) is 0 Å². The molecule has 2 heteroatoms. The first-order valence-electron chi connectivity index (χ1n) is 18.3. The van der Waals surface area contributed by atoms with E-state index in [4.69, 9.17) is 4.42 Å². The van der Waals surface area contributed by atoms with Crippen LogP contribution in [-0.4, -0.2) is 0 Å². The number of hydrogen-bond donors (Lipinski definition) is 0. The summed E-state index contributed by atoms with van der Waals surface area (Å²) in [6.07, 6.45) is 0. The summed E-state index contributed by atoms with van der Waals surface area (Å²) < 4.78 is 6.20. The molecule has 10 rings (SSSR count). The molecule has 1 aromatic heterocycles. The molecule has 0 unspecified atom stereocenters. The summed E-state index contributed by atoms with van der Waals surface area (Å²) in [6.45, 7) is 4.67. The van der Waals surface area contributed by atoms with Gasteiger partial charge in [-0.05, 0) is 116 Å². The molecule has 1 heterocycles. The Morgan fingerprint density at radius 1 is 0.377 bits per heavy atom. The van der Waals surface area contributed by atoms with Crippen molar-refractivity contribution >= 4 is 39.0 Å². The highest BCUT2D eigenvalue weighted by Crippen LogP contribution is 2.49. The molecule has 0 radical (unpaired) electrons. The van der Waals surface area contributed by atoms with Crippen LogP contribution in [0.4, 0.5) is 17.1 Å². The van der Waals surface area contributed by atoms with Crippen molar-refractivity contribution in [2.45, 2.75) is 19.3 Å².